The van der Waals surface area contributed by atoms with Gasteiger partial charge >= 0.3 is 0 Å². The lowest BCUT2D eigenvalue weighted by Gasteiger charge is -2.19. The fourth-order valence-corrected chi connectivity index (χ4v) is 3.07. The summed E-state index contributed by atoms with van der Waals surface area (Å²) in [6, 6.07) is 11.6. The Balaban J connectivity index is 2.34. The third-order valence-electron chi connectivity index (χ3n) is 3.52. The van der Waals surface area contributed by atoms with Crippen molar-refractivity contribution < 1.29 is 27.7 Å². The second-order valence-corrected chi connectivity index (χ2v) is 6.99. The lowest BCUT2D eigenvalue weighted by Crippen LogP contribution is -2.14. The van der Waals surface area contributed by atoms with E-state index >= 15 is 0 Å². The Bertz CT molecular complexity index is 804. The second kappa shape index (κ2) is 8.30. The number of benzene rings is 2. The molecule has 0 radical (unpaired) electrons. The number of rotatable bonds is 8. The van der Waals surface area contributed by atoms with Crippen molar-refractivity contribution in [3.63, 3.8) is 0 Å². The molecular weight excluding hydrogens is 346 g/mol. The van der Waals surface area contributed by atoms with Gasteiger partial charge in [-0.05, 0) is 23.3 Å². The highest BCUT2D eigenvalue weighted by molar-refractivity contribution is 7.88. The average Bonchev–Trinajstić information content (AvgIpc) is 2.58. The van der Waals surface area contributed by atoms with Gasteiger partial charge in [0.05, 0.1) is 18.4 Å². The van der Waals surface area contributed by atoms with Crippen LogP contribution < -0.4 is 14.6 Å². The van der Waals surface area contributed by atoms with Gasteiger partial charge in [0, 0.05) is 7.11 Å². The first-order valence-electron chi connectivity index (χ1n) is 7.41. The van der Waals surface area contributed by atoms with Gasteiger partial charge in [0.25, 0.3) is 0 Å². The van der Waals surface area contributed by atoms with E-state index in [4.69, 9.17) is 19.3 Å². The van der Waals surface area contributed by atoms with E-state index in [0.717, 1.165) is 0 Å². The van der Waals surface area contributed by atoms with Crippen LogP contribution in [0.4, 0.5) is 0 Å². The molecule has 2 rings (SSSR count). The number of methoxy groups -OCH3 is 2. The van der Waals surface area contributed by atoms with Gasteiger partial charge in [0.2, 0.25) is 10.0 Å². The normalized spacial score (nSPS) is 12.6. The first-order valence-corrected chi connectivity index (χ1v) is 9.13. The predicted octanol–water partition coefficient (Wildman–Crippen LogP) is 1.55. The van der Waals surface area contributed by atoms with Crippen LogP contribution in [0.25, 0.3) is 0 Å². The van der Waals surface area contributed by atoms with Crippen molar-refractivity contribution in [1.29, 1.82) is 0 Å². The number of hydrogen-bond donors (Lipinski definition) is 2. The molecule has 1 atom stereocenters. The summed E-state index contributed by atoms with van der Waals surface area (Å²) in [7, 11) is -0.605. The van der Waals surface area contributed by atoms with Crippen molar-refractivity contribution >= 4 is 10.0 Å². The molecule has 2 aromatic rings. The zero-order valence-electron chi connectivity index (χ0n) is 14.0. The molecule has 0 aliphatic rings. The number of nitrogens with two attached hydrogens (primary N) is 1. The van der Waals surface area contributed by atoms with E-state index in [1.54, 1.807) is 42.5 Å². The molecule has 1 unspecified atom stereocenters. The van der Waals surface area contributed by atoms with Crippen LogP contribution in [0.1, 0.15) is 22.8 Å². The van der Waals surface area contributed by atoms with E-state index in [-0.39, 0.29) is 12.5 Å². The Kier molecular flexibility index (Phi) is 6.38. The van der Waals surface area contributed by atoms with E-state index in [2.05, 4.69) is 0 Å². The third-order valence-corrected chi connectivity index (χ3v) is 4.25. The predicted molar refractivity (Wildman–Crippen MR) is 92.8 cm³/mol. The summed E-state index contributed by atoms with van der Waals surface area (Å²) in [6.07, 6.45) is -1.02. The number of primary sulfonamides is 1. The highest BCUT2D eigenvalue weighted by Gasteiger charge is 2.21. The van der Waals surface area contributed by atoms with Gasteiger partial charge in [0.15, 0.2) is 6.79 Å². The van der Waals surface area contributed by atoms with Crippen molar-refractivity contribution in [1.82, 2.24) is 0 Å². The smallest absolute Gasteiger partial charge is 0.213 e. The van der Waals surface area contributed by atoms with Crippen molar-refractivity contribution in [2.45, 2.75) is 11.9 Å². The molecule has 0 aromatic heterocycles. The monoisotopic (exact) mass is 367 g/mol. The van der Waals surface area contributed by atoms with Gasteiger partial charge in [-0.1, -0.05) is 30.3 Å². The molecule has 0 fully saturated rings. The van der Waals surface area contributed by atoms with Gasteiger partial charge < -0.3 is 19.3 Å². The molecule has 0 amide bonds. The van der Waals surface area contributed by atoms with Crippen LogP contribution in [0.3, 0.4) is 0 Å². The van der Waals surface area contributed by atoms with E-state index in [1.165, 1.54) is 14.2 Å². The second-order valence-electron chi connectivity index (χ2n) is 5.37. The lowest BCUT2D eigenvalue weighted by molar-refractivity contribution is 0.0485. The molecule has 0 spiro atoms. The molecule has 0 aliphatic carbocycles. The van der Waals surface area contributed by atoms with Crippen LogP contribution in [-0.2, 0) is 20.5 Å². The van der Waals surface area contributed by atoms with Gasteiger partial charge in [-0.15, -0.1) is 0 Å². The van der Waals surface area contributed by atoms with Crippen LogP contribution in [0.5, 0.6) is 11.5 Å². The third kappa shape index (κ3) is 5.17. The van der Waals surface area contributed by atoms with Gasteiger partial charge in [-0.2, -0.15) is 0 Å². The Labute approximate surface area is 147 Å². The van der Waals surface area contributed by atoms with Crippen molar-refractivity contribution in [3.8, 4) is 11.5 Å². The molecule has 0 saturated carbocycles. The summed E-state index contributed by atoms with van der Waals surface area (Å²) < 4.78 is 38.0. The fourth-order valence-electron chi connectivity index (χ4n) is 2.41. The highest BCUT2D eigenvalue weighted by Crippen LogP contribution is 2.37. The summed E-state index contributed by atoms with van der Waals surface area (Å²) >= 11 is 0. The standard InChI is InChI=1S/C17H21NO6S/c1-22-11-24-15-5-3-4-14(23-2)16(15)17(19)13-8-6-12(7-9-13)10-25(18,20)21/h3-9,17,19H,10-11H2,1-2H3,(H2,18,20,21). The van der Waals surface area contributed by atoms with Crippen LogP contribution >= 0.6 is 0 Å². The number of aliphatic hydroxyl groups excluding tert-OH is 1. The highest BCUT2D eigenvalue weighted by atomic mass is 32.2. The maximum Gasteiger partial charge on any atom is 0.213 e. The Morgan fingerprint density at radius 2 is 1.72 bits per heavy atom. The van der Waals surface area contributed by atoms with Crippen LogP contribution in [0, 0.1) is 0 Å². The Morgan fingerprint density at radius 1 is 1.08 bits per heavy atom. The van der Waals surface area contributed by atoms with E-state index in [0.29, 0.717) is 28.2 Å². The quantitative estimate of drug-likeness (QED) is 0.685. The molecule has 3 N–H and O–H groups in total. The van der Waals surface area contributed by atoms with Gasteiger partial charge in [-0.25, -0.2) is 13.6 Å². The topological polar surface area (TPSA) is 108 Å². The summed E-state index contributed by atoms with van der Waals surface area (Å²) in [6.45, 7) is 0.0280. The minimum absolute atomic E-state index is 0.0280. The molecular formula is C17H21NO6S. The summed E-state index contributed by atoms with van der Waals surface area (Å²) in [5.74, 6) is 0.636. The molecule has 0 bridgehead atoms. The van der Waals surface area contributed by atoms with E-state index in [1.807, 2.05) is 0 Å². The van der Waals surface area contributed by atoms with Crippen LogP contribution in [-0.4, -0.2) is 34.5 Å². The van der Waals surface area contributed by atoms with E-state index < -0.39 is 16.1 Å². The number of aliphatic hydroxyl groups is 1. The minimum Gasteiger partial charge on any atom is -0.496 e. The molecule has 0 aliphatic heterocycles. The fraction of sp³-hybridized carbons (Fsp3) is 0.294. The van der Waals surface area contributed by atoms with E-state index in [9.17, 15) is 13.5 Å². The van der Waals surface area contributed by atoms with Crippen LogP contribution in [0.2, 0.25) is 0 Å². The molecule has 7 nitrogen and oxygen atoms in total. The molecule has 25 heavy (non-hydrogen) atoms. The van der Waals surface area contributed by atoms with Gasteiger partial charge in [-0.3, -0.25) is 0 Å². The molecule has 0 saturated heterocycles. The average molecular weight is 367 g/mol. The Morgan fingerprint density at radius 3 is 2.28 bits per heavy atom. The van der Waals surface area contributed by atoms with Gasteiger partial charge in [0.1, 0.15) is 17.6 Å². The molecule has 0 heterocycles. The Hall–Kier alpha value is -2.13. The zero-order chi connectivity index (χ0) is 18.4. The maximum absolute atomic E-state index is 11.2. The van der Waals surface area contributed by atoms with Crippen molar-refractivity contribution in [2.75, 3.05) is 21.0 Å². The maximum atomic E-state index is 11.2. The number of ether oxygens (including phenoxy) is 3. The molecule has 8 heteroatoms. The number of hydrogen-bond acceptors (Lipinski definition) is 6. The largest absolute Gasteiger partial charge is 0.496 e. The first kappa shape index (κ1) is 19.2. The van der Waals surface area contributed by atoms with Crippen LogP contribution in [0.15, 0.2) is 42.5 Å². The van der Waals surface area contributed by atoms with Crippen molar-refractivity contribution in [2.24, 2.45) is 5.14 Å². The SMILES string of the molecule is COCOc1cccc(OC)c1C(O)c1ccc(CS(N)(=O)=O)cc1. The van der Waals surface area contributed by atoms with Crippen molar-refractivity contribution in [3.05, 3.63) is 59.2 Å². The molecule has 2 aromatic carbocycles. The molecule has 136 valence electrons. The number of sulfonamides is 1. The first-order chi connectivity index (χ1) is 11.9. The summed E-state index contributed by atoms with van der Waals surface area (Å²) in [4.78, 5) is 0. The summed E-state index contributed by atoms with van der Waals surface area (Å²) in [5.41, 5.74) is 1.56. The lowest BCUT2D eigenvalue weighted by atomic mass is 9.99. The minimum atomic E-state index is -3.61. The zero-order valence-corrected chi connectivity index (χ0v) is 14.8. The summed E-state index contributed by atoms with van der Waals surface area (Å²) in [5, 5.41) is 15.8.